The van der Waals surface area contributed by atoms with E-state index in [0.717, 1.165) is 77.2 Å². The van der Waals surface area contributed by atoms with Crippen LogP contribution in [0.5, 0.6) is 0 Å². The van der Waals surface area contributed by atoms with Gasteiger partial charge in [-0.15, -0.1) is 0 Å². The third-order valence-corrected chi connectivity index (χ3v) is 9.09. The number of hydrogen-bond donors (Lipinski definition) is 0. The molecule has 0 N–H and O–H groups in total. The fourth-order valence-corrected chi connectivity index (χ4v) is 6.49. The molecule has 0 aliphatic carbocycles. The van der Waals surface area contributed by atoms with Crippen LogP contribution in [0.2, 0.25) is 0 Å². The first-order valence-corrected chi connectivity index (χ1v) is 13.6. The highest BCUT2D eigenvalue weighted by atomic mass is 32.2. The van der Waals surface area contributed by atoms with Crippen LogP contribution in [0.4, 0.5) is 0 Å². The number of amides is 1. The number of likely N-dealkylation sites (tertiary alicyclic amines) is 1. The average Bonchev–Trinajstić information content (AvgIpc) is 3.39. The van der Waals surface area contributed by atoms with Gasteiger partial charge >= 0.3 is 0 Å². The van der Waals surface area contributed by atoms with Crippen molar-refractivity contribution in [1.29, 1.82) is 0 Å². The number of rotatable bonds is 8. The Morgan fingerprint density at radius 2 is 1.59 bits per heavy atom. The quantitative estimate of drug-likeness (QED) is 0.592. The van der Waals surface area contributed by atoms with Gasteiger partial charge in [0, 0.05) is 45.7 Å². The van der Waals surface area contributed by atoms with Crippen molar-refractivity contribution in [3.05, 3.63) is 29.8 Å². The van der Waals surface area contributed by atoms with E-state index in [9.17, 15) is 13.2 Å². The van der Waals surface area contributed by atoms with Gasteiger partial charge in [0.05, 0.1) is 18.1 Å². The zero-order chi connectivity index (χ0) is 22.4. The Balaban J connectivity index is 1.18. The topological polar surface area (TPSA) is 70.2 Å². The number of nitrogens with zero attached hydrogens (tertiary/aromatic N) is 3. The van der Waals surface area contributed by atoms with E-state index in [1.54, 1.807) is 16.4 Å². The molecule has 0 radical (unpaired) electrons. The standard InChI is InChI=1S/C24H37N3O4S/c28-24(26-15-10-22(11-16-26)9-14-25-17-19-31-20-18-25)8-5-21-3-6-23(7-4-21)32(29,30)27-12-1-2-13-27/h3-4,6-7,22H,1-2,5,8-20H2. The van der Waals surface area contributed by atoms with Gasteiger partial charge in [0.2, 0.25) is 15.9 Å². The van der Waals surface area contributed by atoms with E-state index >= 15 is 0 Å². The van der Waals surface area contributed by atoms with Crippen LogP contribution in [0, 0.1) is 5.92 Å². The van der Waals surface area contributed by atoms with E-state index in [4.69, 9.17) is 4.74 Å². The molecule has 32 heavy (non-hydrogen) atoms. The van der Waals surface area contributed by atoms with Crippen LogP contribution in [-0.4, -0.2) is 87.5 Å². The smallest absolute Gasteiger partial charge is 0.243 e. The Morgan fingerprint density at radius 1 is 0.938 bits per heavy atom. The van der Waals surface area contributed by atoms with Crippen molar-refractivity contribution in [2.24, 2.45) is 5.92 Å². The summed E-state index contributed by atoms with van der Waals surface area (Å²) < 4.78 is 32.3. The van der Waals surface area contributed by atoms with Gasteiger partial charge in [-0.1, -0.05) is 12.1 Å². The normalized spacial score (nSPS) is 21.8. The lowest BCUT2D eigenvalue weighted by molar-refractivity contribution is -0.132. The molecule has 3 aliphatic heterocycles. The Labute approximate surface area is 192 Å². The van der Waals surface area contributed by atoms with Crippen molar-refractivity contribution >= 4 is 15.9 Å². The number of aryl methyl sites for hydroxylation is 1. The van der Waals surface area contributed by atoms with Gasteiger partial charge in [-0.05, 0) is 68.7 Å². The van der Waals surface area contributed by atoms with Gasteiger partial charge in [-0.25, -0.2) is 8.42 Å². The fourth-order valence-electron chi connectivity index (χ4n) is 4.98. The summed E-state index contributed by atoms with van der Waals surface area (Å²) in [7, 11) is -3.37. The average molecular weight is 464 g/mol. The molecule has 0 bridgehead atoms. The summed E-state index contributed by atoms with van der Waals surface area (Å²) in [6.45, 7) is 7.88. The summed E-state index contributed by atoms with van der Waals surface area (Å²) in [5, 5.41) is 0. The van der Waals surface area contributed by atoms with Crippen molar-refractivity contribution < 1.29 is 17.9 Å². The number of morpholine rings is 1. The summed E-state index contributed by atoms with van der Waals surface area (Å²) in [5.41, 5.74) is 1.01. The molecule has 0 saturated carbocycles. The maximum atomic E-state index is 12.7. The van der Waals surface area contributed by atoms with Crippen LogP contribution in [0.25, 0.3) is 0 Å². The van der Waals surface area contributed by atoms with Crippen LogP contribution < -0.4 is 0 Å². The van der Waals surface area contributed by atoms with Crippen LogP contribution in [0.3, 0.4) is 0 Å². The predicted octanol–water partition coefficient (Wildman–Crippen LogP) is 2.36. The number of sulfonamides is 1. The van der Waals surface area contributed by atoms with Crippen LogP contribution in [0.15, 0.2) is 29.2 Å². The molecule has 3 heterocycles. The first-order valence-electron chi connectivity index (χ1n) is 12.2. The number of piperidine rings is 1. The van der Waals surface area contributed by atoms with Crippen LogP contribution in [-0.2, 0) is 26.0 Å². The van der Waals surface area contributed by atoms with E-state index in [-0.39, 0.29) is 5.91 Å². The predicted molar refractivity (Wildman–Crippen MR) is 124 cm³/mol. The number of hydrogen-bond acceptors (Lipinski definition) is 5. The van der Waals surface area contributed by atoms with Crippen LogP contribution in [0.1, 0.15) is 44.1 Å². The molecule has 7 nitrogen and oxygen atoms in total. The second-order valence-electron chi connectivity index (χ2n) is 9.32. The monoisotopic (exact) mass is 463 g/mol. The molecule has 4 rings (SSSR count). The van der Waals surface area contributed by atoms with Crippen molar-refractivity contribution in [2.45, 2.75) is 49.8 Å². The first-order chi connectivity index (χ1) is 15.5. The molecule has 3 aliphatic rings. The van der Waals surface area contributed by atoms with Crippen molar-refractivity contribution in [2.75, 3.05) is 59.0 Å². The van der Waals surface area contributed by atoms with E-state index in [2.05, 4.69) is 4.90 Å². The molecule has 0 spiro atoms. The van der Waals surface area contributed by atoms with Gasteiger partial charge in [0.15, 0.2) is 0 Å². The Morgan fingerprint density at radius 3 is 2.25 bits per heavy atom. The molecule has 1 aromatic rings. The molecular formula is C24H37N3O4S. The molecule has 3 fully saturated rings. The highest BCUT2D eigenvalue weighted by Gasteiger charge is 2.27. The molecule has 1 aromatic carbocycles. The first kappa shape index (κ1) is 23.7. The zero-order valence-electron chi connectivity index (χ0n) is 19.1. The third-order valence-electron chi connectivity index (χ3n) is 7.18. The van der Waals surface area contributed by atoms with Crippen molar-refractivity contribution in [3.8, 4) is 0 Å². The molecular weight excluding hydrogens is 426 g/mol. The minimum atomic E-state index is -3.37. The molecule has 0 atom stereocenters. The summed E-state index contributed by atoms with van der Waals surface area (Å²) in [6.07, 6.45) is 6.42. The Bertz CT molecular complexity index is 839. The Hall–Kier alpha value is -1.48. The lowest BCUT2D eigenvalue weighted by Crippen LogP contribution is -2.40. The van der Waals surface area contributed by atoms with Crippen LogP contribution >= 0.6 is 0 Å². The zero-order valence-corrected chi connectivity index (χ0v) is 19.9. The highest BCUT2D eigenvalue weighted by Crippen LogP contribution is 2.23. The Kier molecular flexibility index (Phi) is 8.21. The van der Waals surface area contributed by atoms with Gasteiger partial charge < -0.3 is 9.64 Å². The van der Waals surface area contributed by atoms with Crippen molar-refractivity contribution in [1.82, 2.24) is 14.1 Å². The summed E-state index contributed by atoms with van der Waals surface area (Å²) >= 11 is 0. The SMILES string of the molecule is O=C(CCc1ccc(S(=O)(=O)N2CCCC2)cc1)N1CCC(CCN2CCOCC2)CC1. The maximum absolute atomic E-state index is 12.7. The second kappa shape index (κ2) is 11.1. The van der Waals surface area contributed by atoms with Gasteiger partial charge in [-0.3, -0.25) is 9.69 Å². The minimum absolute atomic E-state index is 0.213. The molecule has 8 heteroatoms. The van der Waals surface area contributed by atoms with E-state index < -0.39 is 10.0 Å². The summed E-state index contributed by atoms with van der Waals surface area (Å²) in [4.78, 5) is 17.5. The maximum Gasteiger partial charge on any atom is 0.243 e. The fraction of sp³-hybridized carbons (Fsp3) is 0.708. The third kappa shape index (κ3) is 6.10. The largest absolute Gasteiger partial charge is 0.379 e. The second-order valence-corrected chi connectivity index (χ2v) is 11.3. The minimum Gasteiger partial charge on any atom is -0.379 e. The summed E-state index contributed by atoms with van der Waals surface area (Å²) in [6, 6.07) is 7.09. The number of ether oxygens (including phenoxy) is 1. The van der Waals surface area contributed by atoms with Crippen molar-refractivity contribution in [3.63, 3.8) is 0 Å². The van der Waals surface area contributed by atoms with E-state index in [1.807, 2.05) is 17.0 Å². The number of carbonyl (C=O) groups excluding carboxylic acids is 1. The van der Waals surface area contributed by atoms with Gasteiger partial charge in [0.25, 0.3) is 0 Å². The number of carbonyl (C=O) groups is 1. The summed E-state index contributed by atoms with van der Waals surface area (Å²) in [5.74, 6) is 0.928. The number of benzene rings is 1. The lowest BCUT2D eigenvalue weighted by Gasteiger charge is -2.34. The molecule has 178 valence electrons. The lowest BCUT2D eigenvalue weighted by atomic mass is 9.93. The highest BCUT2D eigenvalue weighted by molar-refractivity contribution is 7.89. The molecule has 0 unspecified atom stereocenters. The van der Waals surface area contributed by atoms with Gasteiger partial charge in [-0.2, -0.15) is 4.31 Å². The van der Waals surface area contributed by atoms with E-state index in [0.29, 0.717) is 36.7 Å². The molecule has 0 aromatic heterocycles. The molecule has 3 saturated heterocycles. The van der Waals surface area contributed by atoms with Gasteiger partial charge in [0.1, 0.15) is 0 Å². The molecule has 1 amide bonds. The van der Waals surface area contributed by atoms with E-state index in [1.165, 1.54) is 6.42 Å².